The van der Waals surface area contributed by atoms with Gasteiger partial charge >= 0.3 is 0 Å². The highest BCUT2D eigenvalue weighted by molar-refractivity contribution is 7.94. The number of sulfone groups is 1. The monoisotopic (exact) mass is 568 g/mol. The van der Waals surface area contributed by atoms with Crippen LogP contribution in [0.3, 0.4) is 0 Å². The molecule has 4 rings (SSSR count). The first kappa shape index (κ1) is 29.5. The van der Waals surface area contributed by atoms with Gasteiger partial charge in [-0.2, -0.15) is 0 Å². The van der Waals surface area contributed by atoms with Crippen LogP contribution < -0.4 is 15.8 Å². The van der Waals surface area contributed by atoms with Crippen molar-refractivity contribution in [3.05, 3.63) is 82.3 Å². The van der Waals surface area contributed by atoms with Gasteiger partial charge in [-0.15, -0.1) is 0 Å². The molecule has 1 amide bonds. The lowest BCUT2D eigenvalue weighted by Gasteiger charge is -2.35. The molecule has 2 aliphatic heterocycles. The van der Waals surface area contributed by atoms with Crippen molar-refractivity contribution in [1.29, 1.82) is 0 Å². The third kappa shape index (κ3) is 7.17. The van der Waals surface area contributed by atoms with Crippen LogP contribution in [-0.2, 0) is 14.6 Å². The number of dihydropyridines is 1. The zero-order chi connectivity index (χ0) is 28.9. The summed E-state index contributed by atoms with van der Waals surface area (Å²) in [6, 6.07) is 12.6. The Morgan fingerprint density at radius 2 is 1.88 bits per heavy atom. The summed E-state index contributed by atoms with van der Waals surface area (Å²) < 4.78 is 45.2. The summed E-state index contributed by atoms with van der Waals surface area (Å²) in [4.78, 5) is 19.8. The van der Waals surface area contributed by atoms with Gasteiger partial charge in [-0.3, -0.25) is 9.79 Å². The molecular weight excluding hydrogens is 531 g/mol. The van der Waals surface area contributed by atoms with Gasteiger partial charge < -0.3 is 20.7 Å². The lowest BCUT2D eigenvalue weighted by atomic mass is 9.88. The minimum absolute atomic E-state index is 0.162. The van der Waals surface area contributed by atoms with Crippen molar-refractivity contribution >= 4 is 27.6 Å². The predicted molar refractivity (Wildman–Crippen MR) is 156 cm³/mol. The molecule has 40 heavy (non-hydrogen) atoms. The number of benzene rings is 2. The fraction of sp³-hybridized carbons (Fsp3) is 0.400. The van der Waals surface area contributed by atoms with E-state index >= 15 is 0 Å². The average Bonchev–Trinajstić information content (AvgIpc) is 3.04. The van der Waals surface area contributed by atoms with E-state index in [1.54, 1.807) is 61.5 Å². The van der Waals surface area contributed by atoms with Crippen LogP contribution in [0.4, 0.5) is 10.1 Å². The van der Waals surface area contributed by atoms with E-state index in [0.29, 0.717) is 48.4 Å². The number of halogens is 1. The number of aliphatic imine (C=N–C) groups is 1. The predicted octanol–water partition coefficient (Wildman–Crippen LogP) is 4.97. The molecule has 3 N–H and O–H groups in total. The minimum atomic E-state index is -3.56. The Morgan fingerprint density at radius 1 is 1.18 bits per heavy atom. The van der Waals surface area contributed by atoms with Crippen LogP contribution in [0, 0.1) is 11.7 Å². The molecule has 0 radical (unpaired) electrons. The van der Waals surface area contributed by atoms with Crippen molar-refractivity contribution in [2.75, 3.05) is 25.2 Å². The first-order valence-electron chi connectivity index (χ1n) is 13.5. The molecule has 2 aromatic carbocycles. The molecule has 0 fully saturated rings. The molecule has 2 aliphatic rings. The molecule has 0 saturated heterocycles. The number of carbonyl (C=O) groups excluding carboxylic acids is 1. The number of allylic oxidation sites excluding steroid dienone is 2. The van der Waals surface area contributed by atoms with Crippen LogP contribution in [0.5, 0.6) is 5.75 Å². The van der Waals surface area contributed by atoms with Crippen LogP contribution in [0.25, 0.3) is 0 Å². The van der Waals surface area contributed by atoms with E-state index < -0.39 is 27.6 Å². The first-order valence-corrected chi connectivity index (χ1v) is 15.3. The molecule has 3 unspecified atom stereocenters. The lowest BCUT2D eigenvalue weighted by molar-refractivity contribution is -0.121. The Balaban J connectivity index is 1.50. The normalized spacial score (nSPS) is 21.6. The summed E-state index contributed by atoms with van der Waals surface area (Å²) in [7, 11) is -1.89. The minimum Gasteiger partial charge on any atom is -0.462 e. The summed E-state index contributed by atoms with van der Waals surface area (Å²) in [5.74, 6) is 0.236. The van der Waals surface area contributed by atoms with Gasteiger partial charge in [0.1, 0.15) is 22.4 Å². The van der Waals surface area contributed by atoms with Gasteiger partial charge in [-0.05, 0) is 92.8 Å². The van der Waals surface area contributed by atoms with E-state index in [0.717, 1.165) is 18.6 Å². The van der Waals surface area contributed by atoms with Gasteiger partial charge in [-0.25, -0.2) is 12.8 Å². The number of rotatable bonds is 9. The summed E-state index contributed by atoms with van der Waals surface area (Å²) >= 11 is 0. The van der Waals surface area contributed by atoms with Crippen LogP contribution in [0.1, 0.15) is 50.6 Å². The maximum atomic E-state index is 13.7. The molecule has 0 aromatic heterocycles. The van der Waals surface area contributed by atoms with E-state index in [1.165, 1.54) is 18.4 Å². The zero-order valence-electron chi connectivity index (χ0n) is 23.1. The van der Waals surface area contributed by atoms with E-state index in [-0.39, 0.29) is 17.0 Å². The fourth-order valence-corrected chi connectivity index (χ4v) is 6.87. The highest BCUT2D eigenvalue weighted by Crippen LogP contribution is 2.40. The third-order valence-corrected chi connectivity index (χ3v) is 8.66. The number of carbonyl (C=O) groups is 1. The van der Waals surface area contributed by atoms with Crippen molar-refractivity contribution in [2.45, 2.75) is 51.1 Å². The Kier molecular flexibility index (Phi) is 9.42. The number of anilines is 1. The highest BCUT2D eigenvalue weighted by Gasteiger charge is 2.38. The zero-order valence-corrected chi connectivity index (χ0v) is 24.0. The molecule has 2 aromatic rings. The fourth-order valence-electron chi connectivity index (χ4n) is 5.50. The quantitative estimate of drug-likeness (QED) is 0.442. The van der Waals surface area contributed by atoms with E-state index in [9.17, 15) is 17.6 Å². The molecule has 0 saturated carbocycles. The number of nitrogens with two attached hydrogens (primary N) is 1. The maximum Gasteiger partial charge on any atom is 0.229 e. The SMILES string of the molecule is CC1=C(S(C)(=O)=O)N(C)C(c2ccc(F)cc2)C(C(=O)Nc2ccc(OC3=CC=NC(CCCN)C3)cc2)CC1. The van der Waals surface area contributed by atoms with Crippen molar-refractivity contribution in [1.82, 2.24) is 4.90 Å². The molecule has 2 heterocycles. The largest absolute Gasteiger partial charge is 0.462 e. The Labute approximate surface area is 235 Å². The smallest absolute Gasteiger partial charge is 0.229 e. The highest BCUT2D eigenvalue weighted by atomic mass is 32.2. The van der Waals surface area contributed by atoms with Gasteiger partial charge in [0, 0.05) is 31.6 Å². The van der Waals surface area contributed by atoms with Crippen molar-refractivity contribution < 1.29 is 22.3 Å². The maximum absolute atomic E-state index is 13.7. The van der Waals surface area contributed by atoms with Gasteiger partial charge in [0.25, 0.3) is 0 Å². The average molecular weight is 569 g/mol. The second kappa shape index (κ2) is 12.8. The number of amides is 1. The van der Waals surface area contributed by atoms with Gasteiger partial charge in [-0.1, -0.05) is 12.1 Å². The second-order valence-electron chi connectivity index (χ2n) is 10.4. The van der Waals surface area contributed by atoms with Crippen molar-refractivity contribution in [2.24, 2.45) is 16.6 Å². The number of nitrogens with one attached hydrogen (secondary N) is 1. The van der Waals surface area contributed by atoms with Crippen LogP contribution in [0.2, 0.25) is 0 Å². The van der Waals surface area contributed by atoms with E-state index in [4.69, 9.17) is 10.5 Å². The molecule has 0 aliphatic carbocycles. The molecule has 214 valence electrons. The number of nitrogens with zero attached hydrogens (tertiary/aromatic N) is 2. The van der Waals surface area contributed by atoms with Gasteiger partial charge in [0.15, 0.2) is 9.84 Å². The number of ether oxygens (including phenoxy) is 1. The molecular formula is C30H37FN4O4S. The summed E-state index contributed by atoms with van der Waals surface area (Å²) in [5.41, 5.74) is 7.57. The molecule has 3 atom stereocenters. The van der Waals surface area contributed by atoms with Crippen LogP contribution in [-0.4, -0.2) is 51.3 Å². The molecule has 0 spiro atoms. The molecule has 8 nitrogen and oxygen atoms in total. The van der Waals surface area contributed by atoms with Gasteiger partial charge in [0.2, 0.25) is 5.91 Å². The number of hydrogen-bond donors (Lipinski definition) is 2. The van der Waals surface area contributed by atoms with Gasteiger partial charge in [0.05, 0.1) is 18.0 Å². The first-order chi connectivity index (χ1) is 19.1. The Hall–Kier alpha value is -3.50. The second-order valence-corrected chi connectivity index (χ2v) is 12.4. The standard InChI is InChI=1S/C30H37FN4O4S/c1-20-6-15-27(28(21-7-9-22(31)10-8-21)35(2)30(20)40(3,37)38)29(36)34-23-11-13-25(14-12-23)39-26-16-18-33-24(19-26)5-4-17-32/h7-14,16,18,24,27-28H,4-6,15,17,19,32H2,1-3H3,(H,34,36). The molecule has 10 heteroatoms. The summed E-state index contributed by atoms with van der Waals surface area (Å²) in [6.07, 6.45) is 8.20. The van der Waals surface area contributed by atoms with Crippen LogP contribution >= 0.6 is 0 Å². The summed E-state index contributed by atoms with van der Waals surface area (Å²) in [6.45, 7) is 2.41. The Morgan fingerprint density at radius 3 is 2.52 bits per heavy atom. The van der Waals surface area contributed by atoms with Crippen LogP contribution in [0.15, 0.2) is 76.0 Å². The third-order valence-electron chi connectivity index (χ3n) is 7.32. The molecule has 0 bridgehead atoms. The lowest BCUT2D eigenvalue weighted by Crippen LogP contribution is -2.37. The Bertz CT molecular complexity index is 1400. The van der Waals surface area contributed by atoms with Crippen molar-refractivity contribution in [3.63, 3.8) is 0 Å². The van der Waals surface area contributed by atoms with E-state index in [2.05, 4.69) is 10.3 Å². The van der Waals surface area contributed by atoms with E-state index in [1.807, 2.05) is 6.08 Å². The summed E-state index contributed by atoms with van der Waals surface area (Å²) in [5, 5.41) is 3.19. The van der Waals surface area contributed by atoms with Crippen molar-refractivity contribution in [3.8, 4) is 5.75 Å². The topological polar surface area (TPSA) is 114 Å². The number of hydrogen-bond acceptors (Lipinski definition) is 7.